The van der Waals surface area contributed by atoms with E-state index in [1.54, 1.807) is 6.08 Å². The van der Waals surface area contributed by atoms with Crippen molar-refractivity contribution in [1.29, 1.82) is 0 Å². The van der Waals surface area contributed by atoms with Crippen molar-refractivity contribution in [3.05, 3.63) is 11.5 Å². The minimum atomic E-state index is -0.408. The van der Waals surface area contributed by atoms with Gasteiger partial charge in [0.1, 0.15) is 5.71 Å². The molecule has 4 amide bonds. The molecule has 0 aromatic carbocycles. The number of nitrogens with zero attached hydrogens (tertiary/aromatic N) is 2. The Kier molecular flexibility index (Phi) is 5.98. The zero-order valence-electron chi connectivity index (χ0n) is 13.9. The van der Waals surface area contributed by atoms with E-state index >= 15 is 0 Å². The second-order valence-corrected chi connectivity index (χ2v) is 7.17. The van der Waals surface area contributed by atoms with Crippen molar-refractivity contribution in [2.24, 2.45) is 5.92 Å². The van der Waals surface area contributed by atoms with Crippen molar-refractivity contribution < 1.29 is 19.0 Å². The second-order valence-electron chi connectivity index (χ2n) is 6.16. The highest BCUT2D eigenvalue weighted by Gasteiger charge is 2.49. The fourth-order valence-corrected chi connectivity index (χ4v) is 3.51. The first-order valence-corrected chi connectivity index (χ1v) is 8.98. The van der Waals surface area contributed by atoms with Crippen LogP contribution in [0.1, 0.15) is 33.6 Å². The van der Waals surface area contributed by atoms with E-state index in [1.165, 1.54) is 21.2 Å². The lowest BCUT2D eigenvalue weighted by atomic mass is 10.1. The summed E-state index contributed by atoms with van der Waals surface area (Å²) >= 11 is 1.39. The van der Waals surface area contributed by atoms with Crippen LogP contribution in [0.15, 0.2) is 11.5 Å². The third-order valence-corrected chi connectivity index (χ3v) is 4.70. The Morgan fingerprint density at radius 3 is 2.83 bits per heavy atom. The number of nitrogens with one attached hydrogen (secondary N) is 1. The summed E-state index contributed by atoms with van der Waals surface area (Å²) in [5.41, 5.74) is 0.621. The van der Waals surface area contributed by atoms with Crippen molar-refractivity contribution in [1.82, 2.24) is 10.2 Å². The van der Waals surface area contributed by atoms with Gasteiger partial charge in [-0.15, -0.1) is 11.8 Å². The van der Waals surface area contributed by atoms with E-state index in [4.69, 9.17) is 0 Å². The summed E-state index contributed by atoms with van der Waals surface area (Å²) in [6, 6.07) is -0.396. The number of unbranched alkanes of at least 4 members (excludes halogenated alkanes) is 1. The van der Waals surface area contributed by atoms with E-state index in [1.807, 2.05) is 19.3 Å². The van der Waals surface area contributed by atoms with Gasteiger partial charge in [0.05, 0.1) is 6.54 Å². The van der Waals surface area contributed by atoms with Crippen LogP contribution in [-0.4, -0.2) is 57.9 Å². The number of amides is 4. The lowest BCUT2D eigenvalue weighted by Crippen LogP contribution is -2.57. The molecule has 0 spiro atoms. The first kappa shape index (κ1) is 17.7. The van der Waals surface area contributed by atoms with Crippen LogP contribution in [0, 0.1) is 5.92 Å². The molecule has 0 saturated heterocycles. The van der Waals surface area contributed by atoms with Crippen molar-refractivity contribution in [3.8, 4) is 0 Å². The Morgan fingerprint density at radius 2 is 2.17 bits per heavy atom. The molecule has 1 unspecified atom stereocenters. The fraction of sp³-hybridized carbons (Fsp3) is 0.625. The summed E-state index contributed by atoms with van der Waals surface area (Å²) in [6.45, 7) is 6.91. The summed E-state index contributed by atoms with van der Waals surface area (Å²) in [5, 5.41) is 4.22. The van der Waals surface area contributed by atoms with Gasteiger partial charge in [-0.3, -0.25) is 4.79 Å². The zero-order valence-corrected chi connectivity index (χ0v) is 14.7. The SMILES string of the molecule is CCCCNC(=O)C[N+]1=C2C=CSC2C(=O)N(CC(C)C)C1=O. The number of fused-ring (bicyclic) bond motifs is 1. The topological polar surface area (TPSA) is 69.5 Å². The molecule has 7 heteroatoms. The van der Waals surface area contributed by atoms with E-state index in [9.17, 15) is 14.4 Å². The maximum atomic E-state index is 12.7. The largest absolute Gasteiger partial charge is 0.501 e. The molecule has 0 aromatic heterocycles. The average molecular weight is 338 g/mol. The Morgan fingerprint density at radius 1 is 1.43 bits per heavy atom. The predicted molar refractivity (Wildman–Crippen MR) is 90.5 cm³/mol. The van der Waals surface area contributed by atoms with Crippen LogP contribution < -0.4 is 5.32 Å². The van der Waals surface area contributed by atoms with E-state index in [0.29, 0.717) is 18.8 Å². The van der Waals surface area contributed by atoms with Crippen LogP contribution in [0.25, 0.3) is 0 Å². The molecule has 2 aliphatic rings. The van der Waals surface area contributed by atoms with Crippen LogP contribution in [0.2, 0.25) is 0 Å². The lowest BCUT2D eigenvalue weighted by molar-refractivity contribution is -0.426. The minimum Gasteiger partial charge on any atom is -0.353 e. The molecule has 2 heterocycles. The van der Waals surface area contributed by atoms with Crippen LogP contribution in [0.4, 0.5) is 4.79 Å². The Labute approximate surface area is 141 Å². The molecule has 1 N–H and O–H groups in total. The van der Waals surface area contributed by atoms with Crippen molar-refractivity contribution in [2.45, 2.75) is 38.9 Å². The van der Waals surface area contributed by atoms with Gasteiger partial charge in [0.2, 0.25) is 0 Å². The molecule has 126 valence electrons. The molecule has 6 nitrogen and oxygen atoms in total. The number of hydrogen-bond donors (Lipinski definition) is 1. The van der Waals surface area contributed by atoms with Crippen LogP contribution in [0.3, 0.4) is 0 Å². The third-order valence-electron chi connectivity index (χ3n) is 3.69. The summed E-state index contributed by atoms with van der Waals surface area (Å²) in [6.07, 6.45) is 3.67. The number of thioether (sulfide) groups is 1. The number of carbonyl (C=O) groups is 3. The Bertz CT molecular complexity index is 569. The molecule has 0 aliphatic carbocycles. The molecular weight excluding hydrogens is 314 g/mol. The Hall–Kier alpha value is -1.63. The second kappa shape index (κ2) is 7.77. The third kappa shape index (κ3) is 4.02. The van der Waals surface area contributed by atoms with Gasteiger partial charge >= 0.3 is 11.9 Å². The maximum absolute atomic E-state index is 12.7. The quantitative estimate of drug-likeness (QED) is 0.565. The number of allylic oxidation sites excluding steroid dienone is 1. The molecule has 0 aromatic rings. The zero-order chi connectivity index (χ0) is 17.0. The van der Waals surface area contributed by atoms with Gasteiger partial charge in [0, 0.05) is 6.54 Å². The molecule has 2 rings (SSSR count). The summed E-state index contributed by atoms with van der Waals surface area (Å²) in [7, 11) is 0. The van der Waals surface area contributed by atoms with E-state index in [2.05, 4.69) is 12.2 Å². The summed E-state index contributed by atoms with van der Waals surface area (Å²) < 4.78 is 1.44. The van der Waals surface area contributed by atoms with Gasteiger partial charge in [-0.05, 0) is 23.8 Å². The highest BCUT2D eigenvalue weighted by atomic mass is 32.2. The average Bonchev–Trinajstić information content (AvgIpc) is 2.97. The monoisotopic (exact) mass is 338 g/mol. The molecule has 0 saturated carbocycles. The van der Waals surface area contributed by atoms with E-state index in [-0.39, 0.29) is 24.3 Å². The number of carbonyl (C=O) groups excluding carboxylic acids is 3. The van der Waals surface area contributed by atoms with E-state index < -0.39 is 11.3 Å². The van der Waals surface area contributed by atoms with Crippen LogP contribution in [0.5, 0.6) is 0 Å². The van der Waals surface area contributed by atoms with Gasteiger partial charge in [-0.25, -0.2) is 4.79 Å². The molecular formula is C16H24N3O3S+. The van der Waals surface area contributed by atoms with Gasteiger partial charge in [-0.1, -0.05) is 27.2 Å². The smallest absolute Gasteiger partial charge is 0.353 e. The first-order valence-electron chi connectivity index (χ1n) is 8.04. The minimum absolute atomic E-state index is 0.0405. The highest BCUT2D eigenvalue weighted by Crippen LogP contribution is 2.28. The van der Waals surface area contributed by atoms with Gasteiger partial charge < -0.3 is 5.32 Å². The molecule has 0 fully saturated rings. The molecule has 0 radical (unpaired) electrons. The number of hydrogen-bond acceptors (Lipinski definition) is 4. The number of imide groups is 1. The van der Waals surface area contributed by atoms with Crippen molar-refractivity contribution in [3.63, 3.8) is 0 Å². The van der Waals surface area contributed by atoms with Crippen LogP contribution in [-0.2, 0) is 9.59 Å². The Balaban J connectivity index is 2.18. The fourth-order valence-electron chi connectivity index (χ4n) is 2.55. The molecule has 1 atom stereocenters. The summed E-state index contributed by atoms with van der Waals surface area (Å²) in [4.78, 5) is 38.5. The van der Waals surface area contributed by atoms with Gasteiger partial charge in [0.15, 0.2) is 11.8 Å². The standard InChI is InChI=1S/C16H23N3O3S/c1-4-5-7-17-13(20)10-18-12-6-8-23-14(12)15(21)19(16(18)22)9-11(2)3/h6,8,11,14H,4-5,7,9-10H2,1-3H3/p+1. The van der Waals surface area contributed by atoms with Crippen LogP contribution >= 0.6 is 11.8 Å². The first-order chi connectivity index (χ1) is 11.0. The molecule has 23 heavy (non-hydrogen) atoms. The van der Waals surface area contributed by atoms with Crippen molar-refractivity contribution >= 4 is 35.3 Å². The molecule has 2 aliphatic heterocycles. The lowest BCUT2D eigenvalue weighted by Gasteiger charge is -2.25. The molecule has 0 bridgehead atoms. The van der Waals surface area contributed by atoms with Crippen molar-refractivity contribution in [2.75, 3.05) is 19.6 Å². The van der Waals surface area contributed by atoms with E-state index in [0.717, 1.165) is 12.8 Å². The highest BCUT2D eigenvalue weighted by molar-refractivity contribution is 8.04. The van der Waals surface area contributed by atoms with Gasteiger partial charge in [0.25, 0.3) is 5.91 Å². The van der Waals surface area contributed by atoms with Gasteiger partial charge in [-0.2, -0.15) is 14.3 Å². The maximum Gasteiger partial charge on any atom is 0.501 e. The summed E-state index contributed by atoms with van der Waals surface area (Å²) in [5.74, 6) is -0.192. The normalized spacial score (nSPS) is 20.5. The predicted octanol–water partition coefficient (Wildman–Crippen LogP) is 1.60. The number of urea groups is 1. The number of rotatable bonds is 7.